The first-order valence-electron chi connectivity index (χ1n) is 5.85. The molecule has 0 amide bonds. The van der Waals surface area contributed by atoms with Gasteiger partial charge in [0, 0.05) is 0 Å². The predicted octanol–water partition coefficient (Wildman–Crippen LogP) is 2.48. The maximum Gasteiger partial charge on any atom is 0.339 e. The van der Waals surface area contributed by atoms with Gasteiger partial charge in [0.1, 0.15) is 22.6 Å². The second-order valence-corrected chi connectivity index (χ2v) is 3.83. The highest BCUT2D eigenvalue weighted by molar-refractivity contribution is 5.91. The fourth-order valence-corrected chi connectivity index (χ4v) is 1.48. The number of methoxy groups -OCH3 is 1. The van der Waals surface area contributed by atoms with E-state index < -0.39 is 11.9 Å². The molecular weight excluding hydrogens is 276 g/mol. The zero-order chi connectivity index (χ0) is 15.8. The fraction of sp³-hybridized carbons (Fsp3) is 0.0667. The van der Waals surface area contributed by atoms with Crippen molar-refractivity contribution in [1.29, 1.82) is 0 Å². The van der Waals surface area contributed by atoms with Crippen LogP contribution in [-0.4, -0.2) is 34.4 Å². The van der Waals surface area contributed by atoms with Gasteiger partial charge >= 0.3 is 11.9 Å². The molecule has 0 saturated carbocycles. The van der Waals surface area contributed by atoms with Gasteiger partial charge in [-0.1, -0.05) is 24.3 Å². The Morgan fingerprint density at radius 3 is 1.71 bits per heavy atom. The maximum atomic E-state index is 10.5. The maximum absolute atomic E-state index is 10.5. The molecule has 3 N–H and O–H groups in total. The minimum absolute atomic E-state index is 0.0671. The van der Waals surface area contributed by atoms with Crippen LogP contribution in [0.4, 0.5) is 0 Å². The Labute approximate surface area is 120 Å². The largest absolute Gasteiger partial charge is 0.507 e. The molecule has 0 aliphatic carbocycles. The molecule has 0 radical (unpaired) electrons. The van der Waals surface area contributed by atoms with E-state index in [1.165, 1.54) is 25.3 Å². The van der Waals surface area contributed by atoms with E-state index in [1.54, 1.807) is 30.3 Å². The molecule has 0 aliphatic rings. The van der Waals surface area contributed by atoms with Crippen LogP contribution in [0.15, 0.2) is 48.5 Å². The molecule has 0 heterocycles. The van der Waals surface area contributed by atoms with Gasteiger partial charge in [0.05, 0.1) is 7.11 Å². The molecule has 2 aromatic carbocycles. The molecule has 0 unspecified atom stereocenters. The van der Waals surface area contributed by atoms with E-state index in [0.29, 0.717) is 5.75 Å². The summed E-state index contributed by atoms with van der Waals surface area (Å²) in [6.07, 6.45) is 0. The van der Waals surface area contributed by atoms with Crippen LogP contribution in [-0.2, 0) is 0 Å². The van der Waals surface area contributed by atoms with Crippen molar-refractivity contribution in [2.45, 2.75) is 0 Å². The number of para-hydroxylation sites is 2. The Morgan fingerprint density at radius 1 is 0.857 bits per heavy atom. The Balaban J connectivity index is 0.000000211. The molecule has 0 aliphatic heterocycles. The van der Waals surface area contributed by atoms with Crippen molar-refractivity contribution in [3.8, 4) is 11.5 Å². The number of ether oxygens (including phenoxy) is 1. The molecule has 2 aromatic rings. The van der Waals surface area contributed by atoms with Crippen molar-refractivity contribution in [1.82, 2.24) is 0 Å². The van der Waals surface area contributed by atoms with Gasteiger partial charge in [0.2, 0.25) is 0 Å². The smallest absolute Gasteiger partial charge is 0.339 e. The topological polar surface area (TPSA) is 104 Å². The number of carboxylic acids is 2. The SMILES string of the molecule is COc1ccccc1C(=O)O.O=C(O)c1ccccc1O. The molecule has 21 heavy (non-hydrogen) atoms. The first kappa shape index (κ1) is 16.0. The van der Waals surface area contributed by atoms with Crippen LogP contribution in [0.5, 0.6) is 11.5 Å². The van der Waals surface area contributed by atoms with Crippen LogP contribution in [0, 0.1) is 0 Å². The summed E-state index contributed by atoms with van der Waals surface area (Å²) in [4.78, 5) is 20.8. The number of carboxylic acid groups (broad SMARTS) is 2. The van der Waals surface area contributed by atoms with Gasteiger partial charge in [0.15, 0.2) is 0 Å². The quantitative estimate of drug-likeness (QED) is 0.802. The minimum Gasteiger partial charge on any atom is -0.507 e. The molecule has 110 valence electrons. The van der Waals surface area contributed by atoms with Crippen molar-refractivity contribution >= 4 is 11.9 Å². The standard InChI is InChI=1S/C8H8O3.C7H6O3/c1-11-7-5-3-2-4-6(7)8(9)10;8-6-4-2-1-3-5(6)7(9)10/h2-5H,1H3,(H,9,10);1-4,8H,(H,9,10). The molecular formula is C15H14O6. The summed E-state index contributed by atoms with van der Waals surface area (Å²) in [5, 5.41) is 25.9. The Hall–Kier alpha value is -3.02. The number of rotatable bonds is 3. The van der Waals surface area contributed by atoms with Gasteiger partial charge in [-0.3, -0.25) is 0 Å². The monoisotopic (exact) mass is 290 g/mol. The highest BCUT2D eigenvalue weighted by Gasteiger charge is 2.07. The van der Waals surface area contributed by atoms with Crippen molar-refractivity contribution in [3.05, 3.63) is 59.7 Å². The normalized spacial score (nSPS) is 9.19. The van der Waals surface area contributed by atoms with Gasteiger partial charge in [-0.05, 0) is 24.3 Å². The number of hydrogen-bond acceptors (Lipinski definition) is 4. The Kier molecular flexibility index (Phi) is 5.76. The number of benzene rings is 2. The molecule has 0 bridgehead atoms. The van der Waals surface area contributed by atoms with Gasteiger partial charge in [-0.2, -0.15) is 0 Å². The van der Waals surface area contributed by atoms with E-state index >= 15 is 0 Å². The van der Waals surface area contributed by atoms with Crippen LogP contribution in [0.25, 0.3) is 0 Å². The summed E-state index contributed by atoms with van der Waals surface area (Å²) >= 11 is 0. The van der Waals surface area contributed by atoms with Crippen LogP contribution >= 0.6 is 0 Å². The van der Waals surface area contributed by atoms with Crippen LogP contribution < -0.4 is 4.74 Å². The lowest BCUT2D eigenvalue weighted by atomic mass is 10.2. The van der Waals surface area contributed by atoms with Gasteiger partial charge in [-0.15, -0.1) is 0 Å². The van der Waals surface area contributed by atoms with Crippen molar-refractivity contribution in [3.63, 3.8) is 0 Å². The average molecular weight is 290 g/mol. The molecule has 2 rings (SSSR count). The van der Waals surface area contributed by atoms with E-state index in [1.807, 2.05) is 0 Å². The highest BCUT2D eigenvalue weighted by Crippen LogP contribution is 2.16. The summed E-state index contributed by atoms with van der Waals surface area (Å²) in [5.74, 6) is -1.89. The first-order valence-corrected chi connectivity index (χ1v) is 5.85. The van der Waals surface area contributed by atoms with Crippen molar-refractivity contribution in [2.24, 2.45) is 0 Å². The van der Waals surface area contributed by atoms with Gasteiger partial charge < -0.3 is 20.1 Å². The molecule has 6 heteroatoms. The van der Waals surface area contributed by atoms with Gasteiger partial charge in [-0.25, -0.2) is 9.59 Å². The average Bonchev–Trinajstić information content (AvgIpc) is 2.48. The van der Waals surface area contributed by atoms with Crippen LogP contribution in [0.2, 0.25) is 0 Å². The van der Waals surface area contributed by atoms with E-state index in [9.17, 15) is 9.59 Å². The molecule has 0 saturated heterocycles. The lowest BCUT2D eigenvalue weighted by molar-refractivity contribution is 0.0682. The van der Waals surface area contributed by atoms with Gasteiger partial charge in [0.25, 0.3) is 0 Å². The number of hydrogen-bond donors (Lipinski definition) is 3. The second-order valence-electron chi connectivity index (χ2n) is 3.83. The fourth-order valence-electron chi connectivity index (χ4n) is 1.48. The Morgan fingerprint density at radius 2 is 1.33 bits per heavy atom. The van der Waals surface area contributed by atoms with E-state index in [0.717, 1.165) is 0 Å². The zero-order valence-corrected chi connectivity index (χ0v) is 11.2. The summed E-state index contributed by atoms with van der Waals surface area (Å²) in [7, 11) is 1.45. The van der Waals surface area contributed by atoms with Crippen molar-refractivity contribution < 1.29 is 29.6 Å². The summed E-state index contributed by atoms with van der Waals surface area (Å²) in [5.41, 5.74) is 0.123. The summed E-state index contributed by atoms with van der Waals surface area (Å²) < 4.78 is 4.83. The zero-order valence-electron chi connectivity index (χ0n) is 11.2. The molecule has 0 fully saturated rings. The van der Waals surface area contributed by atoms with E-state index in [-0.39, 0.29) is 16.9 Å². The lowest BCUT2D eigenvalue weighted by Gasteiger charge is -2.01. The summed E-state index contributed by atoms with van der Waals surface area (Å²) in [6, 6.07) is 12.3. The predicted molar refractivity (Wildman–Crippen MR) is 75.0 cm³/mol. The lowest BCUT2D eigenvalue weighted by Crippen LogP contribution is -1.99. The van der Waals surface area contributed by atoms with E-state index in [4.69, 9.17) is 20.1 Å². The number of aromatic hydroxyl groups is 1. The number of carbonyl (C=O) groups is 2. The third-order valence-electron chi connectivity index (χ3n) is 2.47. The molecule has 0 atom stereocenters. The van der Waals surface area contributed by atoms with Crippen LogP contribution in [0.1, 0.15) is 20.7 Å². The number of phenols is 1. The first-order chi connectivity index (χ1) is 9.97. The second kappa shape index (κ2) is 7.54. The van der Waals surface area contributed by atoms with Crippen molar-refractivity contribution in [2.75, 3.05) is 7.11 Å². The molecule has 6 nitrogen and oxygen atoms in total. The number of aromatic carboxylic acids is 2. The third kappa shape index (κ3) is 4.54. The Bertz CT molecular complexity index is 636. The highest BCUT2D eigenvalue weighted by atomic mass is 16.5. The minimum atomic E-state index is -1.11. The third-order valence-corrected chi connectivity index (χ3v) is 2.47. The molecule has 0 spiro atoms. The molecule has 0 aromatic heterocycles. The van der Waals surface area contributed by atoms with E-state index in [2.05, 4.69) is 0 Å². The van der Waals surface area contributed by atoms with Crippen LogP contribution in [0.3, 0.4) is 0 Å². The summed E-state index contributed by atoms with van der Waals surface area (Å²) in [6.45, 7) is 0.